The Morgan fingerprint density at radius 1 is 1.09 bits per heavy atom. The van der Waals surface area contributed by atoms with Gasteiger partial charge in [-0.3, -0.25) is 9.88 Å². The Bertz CT molecular complexity index is 951. The molecule has 2 N–H and O–H groups in total. The van der Waals surface area contributed by atoms with Gasteiger partial charge in [-0.25, -0.2) is 0 Å². The summed E-state index contributed by atoms with van der Waals surface area (Å²) in [5, 5.41) is 15.3. The van der Waals surface area contributed by atoms with Crippen molar-refractivity contribution in [1.82, 2.24) is 15.2 Å². The van der Waals surface area contributed by atoms with E-state index >= 15 is 0 Å². The third kappa shape index (κ3) is 4.97. The first-order valence-corrected chi connectivity index (χ1v) is 12.8. The first kappa shape index (κ1) is 24.2. The topological polar surface area (TPSA) is 48.4 Å². The van der Waals surface area contributed by atoms with E-state index in [1.54, 1.807) is 0 Å². The van der Waals surface area contributed by atoms with Gasteiger partial charge in [0, 0.05) is 42.0 Å². The van der Waals surface area contributed by atoms with Gasteiger partial charge in [0.05, 0.1) is 0 Å². The van der Waals surface area contributed by atoms with E-state index in [-0.39, 0.29) is 16.4 Å². The molecule has 2 fully saturated rings. The van der Waals surface area contributed by atoms with Crippen LogP contribution in [0.15, 0.2) is 36.5 Å². The Balaban J connectivity index is 1.75. The van der Waals surface area contributed by atoms with Crippen molar-refractivity contribution in [2.24, 2.45) is 0 Å². The van der Waals surface area contributed by atoms with Crippen molar-refractivity contribution in [3.05, 3.63) is 58.9 Å². The van der Waals surface area contributed by atoms with Gasteiger partial charge >= 0.3 is 0 Å². The number of aromatic nitrogens is 1. The fraction of sp³-hybridized carbons (Fsp3) is 0.621. The van der Waals surface area contributed by atoms with Gasteiger partial charge in [0.25, 0.3) is 0 Å². The summed E-state index contributed by atoms with van der Waals surface area (Å²) < 4.78 is 0. The molecule has 0 radical (unpaired) electrons. The first-order chi connectivity index (χ1) is 15.5. The van der Waals surface area contributed by atoms with Gasteiger partial charge in [-0.05, 0) is 72.9 Å². The number of benzene rings is 1. The average molecular weight is 450 g/mol. The molecule has 0 unspecified atom stereocenters. The van der Waals surface area contributed by atoms with E-state index in [2.05, 4.69) is 76.0 Å². The number of nitrogens with one attached hydrogen (secondary N) is 1. The lowest BCUT2D eigenvalue weighted by Crippen LogP contribution is -2.57. The highest BCUT2D eigenvalue weighted by molar-refractivity contribution is 5.49. The minimum Gasteiger partial charge on any atom is -0.507 e. The van der Waals surface area contributed by atoms with Gasteiger partial charge in [-0.2, -0.15) is 0 Å². The van der Waals surface area contributed by atoms with E-state index in [1.165, 1.54) is 36.9 Å². The molecule has 0 bridgehead atoms. The highest BCUT2D eigenvalue weighted by atomic mass is 16.3. The number of likely N-dealkylation sites (tertiary alicyclic amines) is 1. The molecule has 4 rings (SSSR count). The van der Waals surface area contributed by atoms with Crippen molar-refractivity contribution in [3.8, 4) is 5.75 Å². The molecule has 33 heavy (non-hydrogen) atoms. The SMILES string of the molecule is CC(C)(C)c1cc(CN2CCC[C@@]2(Cc2ccccn2)[C@H]2CCCN2)c(O)c(C(C)(C)C)c1. The molecule has 2 saturated heterocycles. The Morgan fingerprint density at radius 3 is 2.48 bits per heavy atom. The maximum atomic E-state index is 11.4. The molecule has 0 spiro atoms. The molecule has 2 aromatic rings. The lowest BCUT2D eigenvalue weighted by atomic mass is 9.78. The van der Waals surface area contributed by atoms with Gasteiger partial charge in [0.2, 0.25) is 0 Å². The number of phenols is 1. The molecule has 2 aliphatic rings. The van der Waals surface area contributed by atoms with Crippen LogP contribution in [0.2, 0.25) is 0 Å². The summed E-state index contributed by atoms with van der Waals surface area (Å²) in [4.78, 5) is 7.37. The summed E-state index contributed by atoms with van der Waals surface area (Å²) in [6.07, 6.45) is 7.69. The van der Waals surface area contributed by atoms with Crippen LogP contribution in [-0.4, -0.2) is 39.7 Å². The molecular formula is C29H43N3O. The third-order valence-electron chi connectivity index (χ3n) is 7.81. The number of rotatable bonds is 5. The molecule has 0 amide bonds. The molecule has 2 aliphatic heterocycles. The molecule has 0 aliphatic carbocycles. The Kier molecular flexibility index (Phi) is 6.63. The zero-order chi connectivity index (χ0) is 23.9. The van der Waals surface area contributed by atoms with Crippen LogP contribution in [-0.2, 0) is 23.8 Å². The highest BCUT2D eigenvalue weighted by Gasteiger charge is 2.48. The molecule has 4 heteroatoms. The van der Waals surface area contributed by atoms with Gasteiger partial charge in [-0.15, -0.1) is 0 Å². The van der Waals surface area contributed by atoms with Crippen molar-refractivity contribution in [2.45, 2.75) is 103 Å². The van der Waals surface area contributed by atoms with E-state index in [0.29, 0.717) is 11.8 Å². The number of aromatic hydroxyl groups is 1. The van der Waals surface area contributed by atoms with Crippen molar-refractivity contribution in [1.29, 1.82) is 0 Å². The Hall–Kier alpha value is -1.91. The van der Waals surface area contributed by atoms with Crippen molar-refractivity contribution in [3.63, 3.8) is 0 Å². The van der Waals surface area contributed by atoms with Crippen LogP contribution in [0.25, 0.3) is 0 Å². The van der Waals surface area contributed by atoms with E-state index in [4.69, 9.17) is 4.98 Å². The van der Waals surface area contributed by atoms with E-state index in [1.807, 2.05) is 12.3 Å². The number of hydrogen-bond donors (Lipinski definition) is 2. The molecular weight excluding hydrogens is 406 g/mol. The fourth-order valence-electron chi connectivity index (χ4n) is 5.90. The van der Waals surface area contributed by atoms with Gasteiger partial charge in [0.15, 0.2) is 0 Å². The van der Waals surface area contributed by atoms with Gasteiger partial charge in [-0.1, -0.05) is 59.7 Å². The molecule has 3 heterocycles. The molecule has 180 valence electrons. The summed E-state index contributed by atoms with van der Waals surface area (Å²) >= 11 is 0. The molecule has 0 saturated carbocycles. The highest BCUT2D eigenvalue weighted by Crippen LogP contribution is 2.43. The number of nitrogens with zero attached hydrogens (tertiary/aromatic N) is 2. The summed E-state index contributed by atoms with van der Waals surface area (Å²) in [6, 6.07) is 11.2. The van der Waals surface area contributed by atoms with Crippen molar-refractivity contribution >= 4 is 0 Å². The van der Waals surface area contributed by atoms with Crippen LogP contribution in [0.1, 0.15) is 89.6 Å². The molecule has 2 atom stereocenters. The predicted octanol–water partition coefficient (Wildman–Crippen LogP) is 5.71. The smallest absolute Gasteiger partial charge is 0.123 e. The number of hydrogen-bond acceptors (Lipinski definition) is 4. The van der Waals surface area contributed by atoms with Gasteiger partial charge in [0.1, 0.15) is 5.75 Å². The van der Waals surface area contributed by atoms with Crippen LogP contribution in [0.4, 0.5) is 0 Å². The third-order valence-corrected chi connectivity index (χ3v) is 7.81. The minimum atomic E-state index is -0.108. The number of pyridine rings is 1. The quantitative estimate of drug-likeness (QED) is 0.614. The van der Waals surface area contributed by atoms with Crippen LogP contribution < -0.4 is 5.32 Å². The molecule has 1 aromatic carbocycles. The second kappa shape index (κ2) is 9.03. The lowest BCUT2D eigenvalue weighted by molar-refractivity contribution is 0.0888. The standard InChI is InChI=1S/C29H43N3O/c1-27(2,3)22-17-21(26(33)24(18-22)28(4,5)6)20-32-16-10-13-29(32,25-12-9-15-31-25)19-23-11-7-8-14-30-23/h7-8,11,14,17-18,25,31,33H,9-10,12-13,15-16,19-20H2,1-6H3/t25-,29-/m1/s1. The Labute approximate surface area is 200 Å². The number of phenolic OH excluding ortho intramolecular Hbond substituents is 1. The summed E-state index contributed by atoms with van der Waals surface area (Å²) in [6.45, 7) is 16.3. The zero-order valence-electron chi connectivity index (χ0n) is 21.5. The summed E-state index contributed by atoms with van der Waals surface area (Å²) in [7, 11) is 0. The second-order valence-electron chi connectivity index (χ2n) is 12.3. The second-order valence-corrected chi connectivity index (χ2v) is 12.3. The largest absolute Gasteiger partial charge is 0.507 e. The van der Waals surface area contributed by atoms with Crippen molar-refractivity contribution < 1.29 is 5.11 Å². The van der Waals surface area contributed by atoms with Crippen LogP contribution in [0, 0.1) is 0 Å². The Morgan fingerprint density at radius 2 is 1.88 bits per heavy atom. The van der Waals surface area contributed by atoms with Crippen LogP contribution in [0.5, 0.6) is 5.75 Å². The lowest BCUT2D eigenvalue weighted by Gasteiger charge is -2.44. The van der Waals surface area contributed by atoms with E-state index in [0.717, 1.165) is 37.2 Å². The van der Waals surface area contributed by atoms with Crippen LogP contribution >= 0.6 is 0 Å². The normalized spacial score (nSPS) is 24.5. The average Bonchev–Trinajstić information content (AvgIpc) is 3.40. The van der Waals surface area contributed by atoms with Gasteiger partial charge < -0.3 is 10.4 Å². The maximum Gasteiger partial charge on any atom is 0.123 e. The van der Waals surface area contributed by atoms with Crippen molar-refractivity contribution in [2.75, 3.05) is 13.1 Å². The molecule has 1 aromatic heterocycles. The maximum absolute atomic E-state index is 11.4. The zero-order valence-corrected chi connectivity index (χ0v) is 21.5. The summed E-state index contributed by atoms with van der Waals surface area (Å²) in [5.74, 6) is 0.480. The first-order valence-electron chi connectivity index (χ1n) is 12.8. The minimum absolute atomic E-state index is 0.0332. The van der Waals surface area contributed by atoms with E-state index in [9.17, 15) is 5.11 Å². The monoisotopic (exact) mass is 449 g/mol. The predicted molar refractivity (Wildman–Crippen MR) is 137 cm³/mol. The van der Waals surface area contributed by atoms with E-state index < -0.39 is 0 Å². The fourth-order valence-corrected chi connectivity index (χ4v) is 5.90. The summed E-state index contributed by atoms with van der Waals surface area (Å²) in [5.41, 5.74) is 4.55. The molecule has 4 nitrogen and oxygen atoms in total. The van der Waals surface area contributed by atoms with Crippen LogP contribution in [0.3, 0.4) is 0 Å².